The van der Waals surface area contributed by atoms with Crippen molar-refractivity contribution < 1.29 is 80.2 Å². The van der Waals surface area contributed by atoms with Gasteiger partial charge < -0.3 is 33.8 Å². The summed E-state index contributed by atoms with van der Waals surface area (Å²) < 4.78 is 68.5. The third kappa shape index (κ3) is 72.3. The van der Waals surface area contributed by atoms with Crippen molar-refractivity contribution in [3.05, 3.63) is 97.2 Å². The molecule has 0 fully saturated rings. The van der Waals surface area contributed by atoms with Crippen LogP contribution in [0.15, 0.2) is 97.2 Å². The van der Waals surface area contributed by atoms with Crippen LogP contribution in [0.2, 0.25) is 0 Å². The minimum Gasteiger partial charge on any atom is -0.462 e. The van der Waals surface area contributed by atoms with Gasteiger partial charge in [0.05, 0.1) is 26.4 Å². The second kappa shape index (κ2) is 73.3. The van der Waals surface area contributed by atoms with E-state index in [1.165, 1.54) is 77.0 Å². The molecule has 17 nitrogen and oxygen atoms in total. The lowest BCUT2D eigenvalue weighted by atomic mass is 10.1. The molecule has 0 aliphatic heterocycles. The Kier molecular flexibility index (Phi) is 70.4. The lowest BCUT2D eigenvalue weighted by molar-refractivity contribution is -0.161. The predicted molar refractivity (Wildman–Crippen MR) is 409 cm³/mol. The molecule has 0 aromatic carbocycles. The monoisotopic (exact) mass is 1450 g/mol. The fourth-order valence-electron chi connectivity index (χ4n) is 10.4. The van der Waals surface area contributed by atoms with Gasteiger partial charge in [-0.3, -0.25) is 37.3 Å². The van der Waals surface area contributed by atoms with Crippen LogP contribution >= 0.6 is 15.6 Å². The first-order chi connectivity index (χ1) is 48.7. The molecule has 0 saturated heterocycles. The number of esters is 4. The lowest BCUT2D eigenvalue weighted by Gasteiger charge is -2.21. The standard InChI is InChI=1S/C81H142O17P2/c1-5-9-13-17-21-25-29-33-37-41-45-49-53-57-61-65-78(83)91-71-76(97-80(85)67-63-59-55-51-47-43-39-35-31-27-23-19-15-11-7-3)73-95-99(87,88)93-69-75(82)70-94-100(89,90)96-74-77(98-81(86)68-64-60-56-52-48-44-40-36-32-28-24-20-16-12-8-4)72-92-79(84)66-62-58-54-50-46-42-38-34-30-26-22-18-14-10-6-2/h21-28,33-40,75-77,82H,5-20,29-32,41-74H2,1-4H3,(H,87,88)(H,89,90)/b25-21+,26-22+,27-23-,28-24+,37-33+,38-34+,39-35+,40-36-/t75?,76-,77-/m1/s1. The zero-order valence-electron chi connectivity index (χ0n) is 63.1. The van der Waals surface area contributed by atoms with Crippen LogP contribution in [0.4, 0.5) is 0 Å². The molecule has 0 bridgehead atoms. The van der Waals surface area contributed by atoms with E-state index in [0.717, 1.165) is 180 Å². The molecule has 100 heavy (non-hydrogen) atoms. The van der Waals surface area contributed by atoms with Gasteiger partial charge in [-0.1, -0.05) is 253 Å². The van der Waals surface area contributed by atoms with E-state index in [1.54, 1.807) is 0 Å². The number of aliphatic hydroxyl groups excluding tert-OH is 1. The van der Waals surface area contributed by atoms with Crippen LogP contribution in [-0.2, 0) is 65.4 Å². The number of carbonyl (C=O) groups is 4. The first-order valence-electron chi connectivity index (χ1n) is 39.5. The predicted octanol–water partition coefficient (Wildman–Crippen LogP) is 22.8. The molecular weight excluding hydrogens is 1310 g/mol. The number of unbranched alkanes of at least 4 members (excludes halogenated alkanes) is 32. The van der Waals surface area contributed by atoms with Crippen LogP contribution in [0.3, 0.4) is 0 Å². The highest BCUT2D eigenvalue weighted by atomic mass is 31.2. The summed E-state index contributed by atoms with van der Waals surface area (Å²) in [5, 5.41) is 10.6. The van der Waals surface area contributed by atoms with E-state index >= 15 is 0 Å². The molecule has 0 aromatic heterocycles. The van der Waals surface area contributed by atoms with E-state index < -0.39 is 97.5 Å². The number of hydrogen-bond acceptors (Lipinski definition) is 15. The average Bonchev–Trinajstić information content (AvgIpc) is 1.25. The van der Waals surface area contributed by atoms with E-state index in [4.69, 9.17) is 37.0 Å². The Morgan fingerprint density at radius 1 is 0.280 bits per heavy atom. The molecule has 3 unspecified atom stereocenters. The van der Waals surface area contributed by atoms with Crippen LogP contribution in [0.5, 0.6) is 0 Å². The largest absolute Gasteiger partial charge is 0.472 e. The van der Waals surface area contributed by atoms with E-state index in [1.807, 2.05) is 0 Å². The molecule has 0 heterocycles. The minimum atomic E-state index is -4.98. The summed E-state index contributed by atoms with van der Waals surface area (Å²) in [5.74, 6) is -2.22. The summed E-state index contributed by atoms with van der Waals surface area (Å²) in [6, 6.07) is 0. The Hall–Kier alpha value is -4.02. The van der Waals surface area contributed by atoms with Gasteiger partial charge >= 0.3 is 39.5 Å². The van der Waals surface area contributed by atoms with Gasteiger partial charge in [-0.25, -0.2) is 9.13 Å². The lowest BCUT2D eigenvalue weighted by Crippen LogP contribution is -2.30. The van der Waals surface area contributed by atoms with E-state index in [9.17, 15) is 43.2 Å². The fourth-order valence-corrected chi connectivity index (χ4v) is 12.0. The first kappa shape index (κ1) is 96.0. The van der Waals surface area contributed by atoms with Crippen LogP contribution < -0.4 is 0 Å². The molecule has 0 aliphatic carbocycles. The zero-order valence-corrected chi connectivity index (χ0v) is 64.9. The normalized spacial score (nSPS) is 14.4. The molecule has 3 N–H and O–H groups in total. The number of carbonyl (C=O) groups excluding carboxylic acids is 4. The van der Waals surface area contributed by atoms with Crippen molar-refractivity contribution in [2.75, 3.05) is 39.6 Å². The Balaban J connectivity index is 5.40. The maximum atomic E-state index is 13.1. The summed E-state index contributed by atoms with van der Waals surface area (Å²) in [6.07, 6.45) is 76.6. The molecule has 578 valence electrons. The van der Waals surface area contributed by atoms with E-state index in [-0.39, 0.29) is 25.7 Å². The summed E-state index contributed by atoms with van der Waals surface area (Å²) in [7, 11) is -9.97. The van der Waals surface area contributed by atoms with Gasteiger partial charge in [-0.05, 0) is 154 Å². The number of ether oxygens (including phenoxy) is 4. The maximum absolute atomic E-state index is 13.1. The minimum absolute atomic E-state index is 0.0756. The average molecular weight is 1450 g/mol. The molecule has 19 heteroatoms. The van der Waals surface area contributed by atoms with E-state index in [0.29, 0.717) is 25.7 Å². The molecule has 0 rings (SSSR count). The van der Waals surface area contributed by atoms with E-state index in [2.05, 4.69) is 125 Å². The third-order valence-electron chi connectivity index (χ3n) is 16.5. The second-order valence-electron chi connectivity index (χ2n) is 26.3. The Morgan fingerprint density at radius 3 is 0.740 bits per heavy atom. The number of phosphoric ester groups is 2. The summed E-state index contributed by atoms with van der Waals surface area (Å²) >= 11 is 0. The number of allylic oxidation sites excluding steroid dienone is 16. The number of aliphatic hydroxyl groups is 1. The van der Waals surface area contributed by atoms with Crippen molar-refractivity contribution in [1.29, 1.82) is 0 Å². The Bertz CT molecular complexity index is 2120. The zero-order chi connectivity index (χ0) is 73.2. The SMILES string of the molecule is CCCCC/C=C\C/C=C/CCCCCCCC(=O)O[C@H](COC(=O)CCCCCCC/C=C/C/C=C/CCCCC)COP(=O)(O)OCC(O)COP(=O)(O)OC[C@@H](COC(=O)CCCCCCC/C=C/C/C=C/CCCCC)OC(=O)CCCCCCC/C=C\C/C=C/CCCCC. The highest BCUT2D eigenvalue weighted by Gasteiger charge is 2.30. The molecule has 0 saturated carbocycles. The second-order valence-corrected chi connectivity index (χ2v) is 29.2. The summed E-state index contributed by atoms with van der Waals surface area (Å²) in [6.45, 7) is 4.74. The fraction of sp³-hybridized carbons (Fsp3) is 0.753. The topological polar surface area (TPSA) is 237 Å². The van der Waals surface area contributed by atoms with Crippen molar-refractivity contribution in [1.82, 2.24) is 0 Å². The van der Waals surface area contributed by atoms with Gasteiger partial charge in [0, 0.05) is 25.7 Å². The number of phosphoric acid groups is 2. The Morgan fingerprint density at radius 2 is 0.490 bits per heavy atom. The van der Waals surface area contributed by atoms with Gasteiger partial charge in [0.1, 0.15) is 19.3 Å². The number of rotatable bonds is 74. The maximum Gasteiger partial charge on any atom is 0.472 e. The van der Waals surface area contributed by atoms with Crippen LogP contribution in [-0.4, -0.2) is 96.7 Å². The number of hydrogen-bond donors (Lipinski definition) is 3. The molecule has 0 spiro atoms. The molecule has 0 aromatic rings. The quantitative estimate of drug-likeness (QED) is 0.0169. The van der Waals surface area contributed by atoms with Gasteiger partial charge in [0.25, 0.3) is 0 Å². The summed E-state index contributed by atoms with van der Waals surface area (Å²) in [5.41, 5.74) is 0. The van der Waals surface area contributed by atoms with Crippen molar-refractivity contribution in [2.24, 2.45) is 0 Å². The molecular formula is C81H142O17P2. The van der Waals surface area contributed by atoms with Crippen molar-refractivity contribution in [3.63, 3.8) is 0 Å². The van der Waals surface area contributed by atoms with Crippen LogP contribution in [0, 0.1) is 0 Å². The van der Waals surface area contributed by atoms with Crippen molar-refractivity contribution in [3.8, 4) is 0 Å². The van der Waals surface area contributed by atoms with Crippen molar-refractivity contribution >= 4 is 39.5 Å². The molecule has 5 atom stereocenters. The first-order valence-corrected chi connectivity index (χ1v) is 42.5. The van der Waals surface area contributed by atoms with Gasteiger partial charge in [-0.15, -0.1) is 0 Å². The highest BCUT2D eigenvalue weighted by Crippen LogP contribution is 2.45. The third-order valence-corrected chi connectivity index (χ3v) is 18.4. The molecule has 0 amide bonds. The van der Waals surface area contributed by atoms with Crippen molar-refractivity contribution in [2.45, 2.75) is 354 Å². The van der Waals surface area contributed by atoms with Crippen LogP contribution in [0.1, 0.15) is 336 Å². The molecule has 0 aliphatic rings. The van der Waals surface area contributed by atoms with Gasteiger partial charge in [0.2, 0.25) is 0 Å². The Labute approximate surface area is 607 Å². The van der Waals surface area contributed by atoms with Gasteiger partial charge in [-0.2, -0.15) is 0 Å². The van der Waals surface area contributed by atoms with Gasteiger partial charge in [0.15, 0.2) is 12.2 Å². The highest BCUT2D eigenvalue weighted by molar-refractivity contribution is 7.47. The summed E-state index contributed by atoms with van der Waals surface area (Å²) in [4.78, 5) is 72.9. The molecule has 0 radical (unpaired) electrons. The smallest absolute Gasteiger partial charge is 0.462 e. The van der Waals surface area contributed by atoms with Crippen LogP contribution in [0.25, 0.3) is 0 Å².